The Kier molecular flexibility index (Phi) is 5.16. The summed E-state index contributed by atoms with van der Waals surface area (Å²) >= 11 is 0. The molecule has 6 nitrogen and oxygen atoms in total. The molecule has 2 fully saturated rings. The zero-order valence-electron chi connectivity index (χ0n) is 16.1. The Bertz CT molecular complexity index is 812. The molecule has 0 spiro atoms. The fourth-order valence-corrected chi connectivity index (χ4v) is 4.31. The van der Waals surface area contributed by atoms with Gasteiger partial charge in [-0.05, 0) is 38.7 Å². The summed E-state index contributed by atoms with van der Waals surface area (Å²) in [6.07, 6.45) is 3.48. The van der Waals surface area contributed by atoms with E-state index in [1.807, 2.05) is 6.07 Å². The first-order chi connectivity index (χ1) is 13.1. The van der Waals surface area contributed by atoms with E-state index in [0.717, 1.165) is 44.7 Å². The minimum absolute atomic E-state index is 0.0906. The van der Waals surface area contributed by atoms with E-state index in [0.29, 0.717) is 12.0 Å². The molecule has 27 heavy (non-hydrogen) atoms. The van der Waals surface area contributed by atoms with Gasteiger partial charge in [-0.25, -0.2) is 0 Å². The molecule has 2 aliphatic heterocycles. The predicted molar refractivity (Wildman–Crippen MR) is 108 cm³/mol. The van der Waals surface area contributed by atoms with Crippen LogP contribution in [0, 0.1) is 0 Å². The Balaban J connectivity index is 1.57. The van der Waals surface area contributed by atoms with Crippen LogP contribution in [0.4, 0.5) is 11.8 Å². The standard InChI is InChI=1S/C21H28N4O2/c1-15-13-24(14-16(2)27-15)19-12-20(26)23-21(22-19)25-10-6-9-18(25)11-17-7-4-3-5-8-17/h3-5,7-8,12,15-16,18H,6,9-11,13-14H2,1-2H3,(H,22,23,26)/t15-,16+,18?. The second-order valence-electron chi connectivity index (χ2n) is 7.77. The van der Waals surface area contributed by atoms with Crippen molar-refractivity contribution in [2.75, 3.05) is 29.4 Å². The number of ether oxygens (including phenoxy) is 1. The Morgan fingerprint density at radius 2 is 1.93 bits per heavy atom. The molecule has 3 atom stereocenters. The SMILES string of the molecule is C[C@@H]1CN(c2cc(=O)[nH]c(N3CCCC3Cc3ccccc3)n2)C[C@H](C)O1. The van der Waals surface area contributed by atoms with Gasteiger partial charge in [0.05, 0.1) is 12.2 Å². The van der Waals surface area contributed by atoms with Gasteiger partial charge in [-0.15, -0.1) is 0 Å². The Labute approximate surface area is 160 Å². The van der Waals surface area contributed by atoms with Gasteiger partial charge in [-0.2, -0.15) is 4.98 Å². The predicted octanol–water partition coefficient (Wildman–Crippen LogP) is 2.60. The van der Waals surface area contributed by atoms with E-state index < -0.39 is 0 Å². The number of morpholine rings is 1. The number of hydrogen-bond donors (Lipinski definition) is 1. The van der Waals surface area contributed by atoms with Crippen LogP contribution in [0.15, 0.2) is 41.2 Å². The van der Waals surface area contributed by atoms with Crippen molar-refractivity contribution in [1.29, 1.82) is 0 Å². The number of nitrogens with one attached hydrogen (secondary N) is 1. The van der Waals surface area contributed by atoms with Crippen LogP contribution >= 0.6 is 0 Å². The molecule has 0 radical (unpaired) electrons. The first-order valence-electron chi connectivity index (χ1n) is 9.91. The Hall–Kier alpha value is -2.34. The third kappa shape index (κ3) is 4.16. The molecule has 2 saturated heterocycles. The number of aromatic nitrogens is 2. The van der Waals surface area contributed by atoms with E-state index in [-0.39, 0.29) is 17.8 Å². The maximum Gasteiger partial charge on any atom is 0.254 e. The van der Waals surface area contributed by atoms with E-state index in [2.05, 4.69) is 52.9 Å². The molecule has 2 aliphatic rings. The normalized spacial score (nSPS) is 25.8. The number of anilines is 2. The fraction of sp³-hybridized carbons (Fsp3) is 0.524. The number of H-pyrrole nitrogens is 1. The molecule has 0 amide bonds. The minimum Gasteiger partial charge on any atom is -0.372 e. The maximum absolute atomic E-state index is 12.4. The molecule has 1 N–H and O–H groups in total. The van der Waals surface area contributed by atoms with Gasteiger partial charge in [0.25, 0.3) is 5.56 Å². The minimum atomic E-state index is -0.0906. The molecule has 4 rings (SSSR count). The quantitative estimate of drug-likeness (QED) is 0.899. The lowest BCUT2D eigenvalue weighted by Crippen LogP contribution is -2.46. The van der Waals surface area contributed by atoms with Crippen molar-refractivity contribution in [3.63, 3.8) is 0 Å². The van der Waals surface area contributed by atoms with Gasteiger partial charge in [0, 0.05) is 31.7 Å². The summed E-state index contributed by atoms with van der Waals surface area (Å²) in [5.41, 5.74) is 1.23. The highest BCUT2D eigenvalue weighted by atomic mass is 16.5. The van der Waals surface area contributed by atoms with Gasteiger partial charge in [0.15, 0.2) is 0 Å². The molecule has 1 aromatic heterocycles. The van der Waals surface area contributed by atoms with Crippen LogP contribution in [0.3, 0.4) is 0 Å². The lowest BCUT2D eigenvalue weighted by atomic mass is 10.0. The van der Waals surface area contributed by atoms with Crippen LogP contribution in [0.2, 0.25) is 0 Å². The van der Waals surface area contributed by atoms with Crippen LogP contribution in [-0.4, -0.2) is 47.9 Å². The average molecular weight is 368 g/mol. The van der Waals surface area contributed by atoms with Gasteiger partial charge in [-0.1, -0.05) is 30.3 Å². The summed E-state index contributed by atoms with van der Waals surface area (Å²) in [6, 6.07) is 12.5. The van der Waals surface area contributed by atoms with Crippen molar-refractivity contribution >= 4 is 11.8 Å². The van der Waals surface area contributed by atoms with Crippen LogP contribution in [-0.2, 0) is 11.2 Å². The van der Waals surface area contributed by atoms with Crippen molar-refractivity contribution in [3.05, 3.63) is 52.3 Å². The molecule has 144 valence electrons. The molecule has 0 aliphatic carbocycles. The van der Waals surface area contributed by atoms with Crippen LogP contribution in [0.25, 0.3) is 0 Å². The summed E-state index contributed by atoms with van der Waals surface area (Å²) in [6.45, 7) is 6.57. The zero-order chi connectivity index (χ0) is 18.8. The monoisotopic (exact) mass is 368 g/mol. The summed E-state index contributed by atoms with van der Waals surface area (Å²) in [5, 5.41) is 0. The maximum atomic E-state index is 12.4. The van der Waals surface area contributed by atoms with Gasteiger partial charge in [0.1, 0.15) is 5.82 Å². The van der Waals surface area contributed by atoms with Gasteiger partial charge in [0.2, 0.25) is 5.95 Å². The van der Waals surface area contributed by atoms with E-state index in [1.165, 1.54) is 5.56 Å². The van der Waals surface area contributed by atoms with E-state index in [1.54, 1.807) is 6.07 Å². The summed E-state index contributed by atoms with van der Waals surface area (Å²) in [7, 11) is 0. The Morgan fingerprint density at radius 3 is 2.67 bits per heavy atom. The second kappa shape index (κ2) is 7.72. The van der Waals surface area contributed by atoms with Crippen molar-refractivity contribution in [2.24, 2.45) is 0 Å². The summed E-state index contributed by atoms with van der Waals surface area (Å²) < 4.78 is 5.82. The molecule has 3 heterocycles. The van der Waals surface area contributed by atoms with Gasteiger partial charge < -0.3 is 14.5 Å². The Morgan fingerprint density at radius 1 is 1.19 bits per heavy atom. The van der Waals surface area contributed by atoms with E-state index >= 15 is 0 Å². The van der Waals surface area contributed by atoms with E-state index in [9.17, 15) is 4.79 Å². The lowest BCUT2D eigenvalue weighted by molar-refractivity contribution is -0.00546. The van der Waals surface area contributed by atoms with E-state index in [4.69, 9.17) is 9.72 Å². The number of aromatic amines is 1. The first-order valence-corrected chi connectivity index (χ1v) is 9.91. The van der Waals surface area contributed by atoms with Crippen molar-refractivity contribution in [1.82, 2.24) is 9.97 Å². The molecule has 6 heteroatoms. The number of rotatable bonds is 4. The smallest absolute Gasteiger partial charge is 0.254 e. The van der Waals surface area contributed by atoms with Crippen molar-refractivity contribution in [2.45, 2.75) is 51.4 Å². The molecule has 1 aromatic carbocycles. The van der Waals surface area contributed by atoms with Gasteiger partial charge in [-0.3, -0.25) is 9.78 Å². The highest BCUT2D eigenvalue weighted by molar-refractivity contribution is 5.45. The molecule has 0 bridgehead atoms. The van der Waals surface area contributed by atoms with Crippen LogP contribution in [0.5, 0.6) is 0 Å². The molecule has 2 aromatic rings. The zero-order valence-corrected chi connectivity index (χ0v) is 16.1. The second-order valence-corrected chi connectivity index (χ2v) is 7.77. The fourth-order valence-electron chi connectivity index (χ4n) is 4.31. The lowest BCUT2D eigenvalue weighted by Gasteiger charge is -2.36. The molecule has 1 unspecified atom stereocenters. The number of nitrogens with zero attached hydrogens (tertiary/aromatic N) is 3. The van der Waals surface area contributed by atoms with Crippen molar-refractivity contribution in [3.8, 4) is 0 Å². The highest BCUT2D eigenvalue weighted by Gasteiger charge is 2.28. The molecular formula is C21H28N4O2. The molecular weight excluding hydrogens is 340 g/mol. The van der Waals surface area contributed by atoms with Crippen molar-refractivity contribution < 1.29 is 4.74 Å². The third-order valence-electron chi connectivity index (χ3n) is 5.42. The number of hydrogen-bond acceptors (Lipinski definition) is 5. The van der Waals surface area contributed by atoms with Gasteiger partial charge >= 0.3 is 0 Å². The molecule has 0 saturated carbocycles. The highest BCUT2D eigenvalue weighted by Crippen LogP contribution is 2.26. The number of benzene rings is 1. The third-order valence-corrected chi connectivity index (χ3v) is 5.42. The summed E-state index contributed by atoms with van der Waals surface area (Å²) in [5.74, 6) is 1.45. The van der Waals surface area contributed by atoms with Crippen LogP contribution < -0.4 is 15.4 Å². The first kappa shape index (κ1) is 18.0. The van der Waals surface area contributed by atoms with Crippen LogP contribution in [0.1, 0.15) is 32.3 Å². The summed E-state index contributed by atoms with van der Waals surface area (Å²) in [4.78, 5) is 24.6. The topological polar surface area (TPSA) is 61.5 Å². The largest absolute Gasteiger partial charge is 0.372 e. The average Bonchev–Trinajstić information content (AvgIpc) is 3.09.